The van der Waals surface area contributed by atoms with Crippen molar-refractivity contribution in [3.8, 4) is 0 Å². The van der Waals surface area contributed by atoms with Crippen LogP contribution >= 0.6 is 0 Å². The number of aliphatic hydroxyl groups is 1. The van der Waals surface area contributed by atoms with Gasteiger partial charge in [0.1, 0.15) is 0 Å². The third kappa shape index (κ3) is 3.85. The van der Waals surface area contributed by atoms with E-state index >= 15 is 0 Å². The zero-order valence-corrected chi connectivity index (χ0v) is 13.3. The first kappa shape index (κ1) is 16.0. The third-order valence-corrected chi connectivity index (χ3v) is 4.83. The maximum absolute atomic E-state index is 12.5. The lowest BCUT2D eigenvalue weighted by atomic mass is 9.64. The van der Waals surface area contributed by atoms with Crippen LogP contribution in [0.2, 0.25) is 0 Å². The van der Waals surface area contributed by atoms with Crippen molar-refractivity contribution >= 4 is 5.91 Å². The van der Waals surface area contributed by atoms with Crippen molar-refractivity contribution in [1.82, 2.24) is 5.32 Å². The predicted molar refractivity (Wildman–Crippen MR) is 84.7 cm³/mol. The molecule has 1 aromatic carbocycles. The molecule has 1 aliphatic carbocycles. The van der Waals surface area contributed by atoms with E-state index in [4.69, 9.17) is 0 Å². The Morgan fingerprint density at radius 3 is 2.67 bits per heavy atom. The molecule has 1 saturated carbocycles. The van der Waals surface area contributed by atoms with Crippen LogP contribution in [-0.4, -0.2) is 17.6 Å². The minimum atomic E-state index is -0.642. The SMILES string of the molecule is C[C@@H]1CCCC(C)(C)[C@H]1C(=O)NC[C@@H](O)c1ccccc1. The molecule has 21 heavy (non-hydrogen) atoms. The molecule has 0 bridgehead atoms. The van der Waals surface area contributed by atoms with Crippen molar-refractivity contribution in [3.63, 3.8) is 0 Å². The summed E-state index contributed by atoms with van der Waals surface area (Å²) < 4.78 is 0. The van der Waals surface area contributed by atoms with Crippen LogP contribution in [0.3, 0.4) is 0 Å². The smallest absolute Gasteiger partial charge is 0.224 e. The average Bonchev–Trinajstić information content (AvgIpc) is 2.44. The maximum atomic E-state index is 12.5. The molecule has 0 radical (unpaired) electrons. The summed E-state index contributed by atoms with van der Waals surface area (Å²) in [5.41, 5.74) is 0.883. The second-order valence-corrected chi connectivity index (χ2v) is 7.01. The lowest BCUT2D eigenvalue weighted by Gasteiger charge is -2.41. The first-order chi connectivity index (χ1) is 9.92. The van der Waals surface area contributed by atoms with Gasteiger partial charge in [-0.2, -0.15) is 0 Å². The van der Waals surface area contributed by atoms with E-state index in [0.29, 0.717) is 5.92 Å². The van der Waals surface area contributed by atoms with Gasteiger partial charge in [-0.05, 0) is 29.7 Å². The molecule has 0 spiro atoms. The summed E-state index contributed by atoms with van der Waals surface area (Å²) in [4.78, 5) is 12.5. The third-order valence-electron chi connectivity index (χ3n) is 4.83. The molecule has 2 rings (SSSR count). The minimum absolute atomic E-state index is 0.0363. The van der Waals surface area contributed by atoms with Gasteiger partial charge in [0.05, 0.1) is 6.10 Å². The van der Waals surface area contributed by atoms with Crippen molar-refractivity contribution in [3.05, 3.63) is 35.9 Å². The average molecular weight is 289 g/mol. The van der Waals surface area contributed by atoms with E-state index < -0.39 is 6.10 Å². The monoisotopic (exact) mass is 289 g/mol. The highest BCUT2D eigenvalue weighted by atomic mass is 16.3. The number of rotatable bonds is 4. The summed E-state index contributed by atoms with van der Waals surface area (Å²) in [6, 6.07) is 9.47. The summed E-state index contributed by atoms with van der Waals surface area (Å²) in [7, 11) is 0. The van der Waals surface area contributed by atoms with Gasteiger partial charge < -0.3 is 10.4 Å². The molecule has 2 N–H and O–H groups in total. The standard InChI is InChI=1S/C18H27NO2/c1-13-8-7-11-18(2,3)16(13)17(21)19-12-15(20)14-9-5-4-6-10-14/h4-6,9-10,13,15-16,20H,7-8,11-12H2,1-3H3,(H,19,21)/t13-,15-,16-/m1/s1. The largest absolute Gasteiger partial charge is 0.387 e. The predicted octanol–water partition coefficient (Wildman–Crippen LogP) is 3.30. The van der Waals surface area contributed by atoms with Crippen LogP contribution in [0.4, 0.5) is 0 Å². The Kier molecular flexibility index (Phi) is 5.04. The molecule has 1 aromatic rings. The number of carbonyl (C=O) groups is 1. The van der Waals surface area contributed by atoms with Gasteiger partial charge in [0.25, 0.3) is 0 Å². The second kappa shape index (κ2) is 6.61. The number of nitrogens with one attached hydrogen (secondary N) is 1. The summed E-state index contributed by atoms with van der Waals surface area (Å²) in [5.74, 6) is 0.527. The number of hydrogen-bond acceptors (Lipinski definition) is 2. The van der Waals surface area contributed by atoms with Gasteiger partial charge in [0, 0.05) is 12.5 Å². The minimum Gasteiger partial charge on any atom is -0.387 e. The van der Waals surface area contributed by atoms with Gasteiger partial charge in [0.15, 0.2) is 0 Å². The van der Waals surface area contributed by atoms with Gasteiger partial charge in [-0.15, -0.1) is 0 Å². The van der Waals surface area contributed by atoms with Crippen LogP contribution in [0.1, 0.15) is 51.7 Å². The zero-order valence-electron chi connectivity index (χ0n) is 13.3. The molecule has 1 amide bonds. The fourth-order valence-corrected chi connectivity index (χ4v) is 3.69. The quantitative estimate of drug-likeness (QED) is 0.893. The van der Waals surface area contributed by atoms with Gasteiger partial charge in [0.2, 0.25) is 5.91 Å². The van der Waals surface area contributed by atoms with Crippen LogP contribution in [0, 0.1) is 17.3 Å². The molecule has 3 heteroatoms. The van der Waals surface area contributed by atoms with Crippen molar-refractivity contribution in [1.29, 1.82) is 0 Å². The van der Waals surface area contributed by atoms with Crippen LogP contribution < -0.4 is 5.32 Å². The molecule has 1 aliphatic rings. The molecule has 3 atom stereocenters. The lowest BCUT2D eigenvalue weighted by Crippen LogP contribution is -2.45. The van der Waals surface area contributed by atoms with E-state index in [1.165, 1.54) is 6.42 Å². The van der Waals surface area contributed by atoms with Gasteiger partial charge in [-0.3, -0.25) is 4.79 Å². The van der Waals surface area contributed by atoms with E-state index in [2.05, 4.69) is 26.1 Å². The van der Waals surface area contributed by atoms with Crippen LogP contribution in [0.15, 0.2) is 30.3 Å². The van der Waals surface area contributed by atoms with Crippen LogP contribution in [-0.2, 0) is 4.79 Å². The summed E-state index contributed by atoms with van der Waals surface area (Å²) in [5, 5.41) is 13.1. The highest BCUT2D eigenvalue weighted by molar-refractivity contribution is 5.79. The fourth-order valence-electron chi connectivity index (χ4n) is 3.69. The first-order valence-electron chi connectivity index (χ1n) is 7.92. The van der Waals surface area contributed by atoms with Crippen LogP contribution in [0.5, 0.6) is 0 Å². The van der Waals surface area contributed by atoms with E-state index in [9.17, 15) is 9.90 Å². The van der Waals surface area contributed by atoms with Gasteiger partial charge in [-0.1, -0.05) is 57.5 Å². The zero-order chi connectivity index (χ0) is 15.5. The maximum Gasteiger partial charge on any atom is 0.224 e. The Hall–Kier alpha value is -1.35. The number of aliphatic hydroxyl groups excluding tert-OH is 1. The van der Waals surface area contributed by atoms with E-state index in [0.717, 1.165) is 18.4 Å². The van der Waals surface area contributed by atoms with Crippen molar-refractivity contribution in [2.45, 2.75) is 46.1 Å². The summed E-state index contributed by atoms with van der Waals surface area (Å²) >= 11 is 0. The van der Waals surface area contributed by atoms with Crippen molar-refractivity contribution < 1.29 is 9.90 Å². The number of hydrogen-bond donors (Lipinski definition) is 2. The molecular weight excluding hydrogens is 262 g/mol. The Bertz CT molecular complexity index is 469. The molecule has 0 aromatic heterocycles. The fraction of sp³-hybridized carbons (Fsp3) is 0.611. The van der Waals surface area contributed by atoms with Crippen LogP contribution in [0.25, 0.3) is 0 Å². The number of carbonyl (C=O) groups excluding carboxylic acids is 1. The molecule has 1 fully saturated rings. The molecule has 3 nitrogen and oxygen atoms in total. The number of benzene rings is 1. The highest BCUT2D eigenvalue weighted by Crippen LogP contribution is 2.43. The highest BCUT2D eigenvalue weighted by Gasteiger charge is 2.41. The van der Waals surface area contributed by atoms with Gasteiger partial charge in [-0.25, -0.2) is 0 Å². The molecule has 0 saturated heterocycles. The molecular formula is C18H27NO2. The van der Waals surface area contributed by atoms with Crippen molar-refractivity contribution in [2.75, 3.05) is 6.54 Å². The second-order valence-electron chi connectivity index (χ2n) is 7.01. The van der Waals surface area contributed by atoms with E-state index in [-0.39, 0.29) is 23.8 Å². The molecule has 116 valence electrons. The lowest BCUT2D eigenvalue weighted by molar-refractivity contribution is -0.133. The Morgan fingerprint density at radius 1 is 1.38 bits per heavy atom. The summed E-state index contributed by atoms with van der Waals surface area (Å²) in [6.07, 6.45) is 2.77. The Labute approximate surface area is 127 Å². The molecule has 0 aliphatic heterocycles. The summed E-state index contributed by atoms with van der Waals surface area (Å²) in [6.45, 7) is 6.81. The molecule has 0 heterocycles. The Morgan fingerprint density at radius 2 is 2.05 bits per heavy atom. The van der Waals surface area contributed by atoms with E-state index in [1.54, 1.807) is 0 Å². The van der Waals surface area contributed by atoms with E-state index in [1.807, 2.05) is 30.3 Å². The first-order valence-corrected chi connectivity index (χ1v) is 7.92. The number of amides is 1. The van der Waals surface area contributed by atoms with Gasteiger partial charge >= 0.3 is 0 Å². The molecule has 0 unspecified atom stereocenters. The normalized spacial score (nSPS) is 26.1. The van der Waals surface area contributed by atoms with Crippen molar-refractivity contribution in [2.24, 2.45) is 17.3 Å². The topological polar surface area (TPSA) is 49.3 Å². The Balaban J connectivity index is 1.95.